The molecule has 34 heavy (non-hydrogen) atoms. The topological polar surface area (TPSA) is 188 Å². The molecule has 188 valence electrons. The molecule has 11 nitrogen and oxygen atoms in total. The van der Waals surface area contributed by atoms with Crippen molar-refractivity contribution in [3.05, 3.63) is 35.9 Å². The molecule has 12 heteroatoms. The van der Waals surface area contributed by atoms with Gasteiger partial charge in [0.2, 0.25) is 17.7 Å². The van der Waals surface area contributed by atoms with Crippen molar-refractivity contribution < 1.29 is 34.2 Å². The minimum Gasteiger partial charge on any atom is -0.481 e. The lowest BCUT2D eigenvalue weighted by Gasteiger charge is -2.27. The van der Waals surface area contributed by atoms with E-state index in [-0.39, 0.29) is 18.1 Å². The van der Waals surface area contributed by atoms with Crippen LogP contribution in [0.5, 0.6) is 0 Å². The summed E-state index contributed by atoms with van der Waals surface area (Å²) in [5.41, 5.74) is 6.87. The Kier molecular flexibility index (Phi) is 12.1. The molecule has 5 unspecified atom stereocenters. The Hall–Kier alpha value is -3.12. The second-order valence-corrected chi connectivity index (χ2v) is 8.27. The molecular formula is C22H32N4O7S. The van der Waals surface area contributed by atoms with Crippen molar-refractivity contribution in [3.8, 4) is 0 Å². The van der Waals surface area contributed by atoms with Gasteiger partial charge in [0, 0.05) is 5.75 Å². The summed E-state index contributed by atoms with van der Waals surface area (Å²) in [5.74, 6) is -5.56. The molecule has 3 amide bonds. The molecular weight excluding hydrogens is 464 g/mol. The van der Waals surface area contributed by atoms with E-state index in [1.165, 1.54) is 0 Å². The Morgan fingerprint density at radius 2 is 1.53 bits per heavy atom. The van der Waals surface area contributed by atoms with Gasteiger partial charge in [-0.2, -0.15) is 12.6 Å². The van der Waals surface area contributed by atoms with Crippen LogP contribution in [-0.4, -0.2) is 69.8 Å². The fourth-order valence-electron chi connectivity index (χ4n) is 3.03. The zero-order chi connectivity index (χ0) is 25.8. The zero-order valence-electron chi connectivity index (χ0n) is 19.1. The number of nitrogens with one attached hydrogen (secondary N) is 3. The SMILES string of the molecule is CCC(C)C(NC(=O)C(N)Cc1ccccc1)C(=O)NC(CS)C(=O)NC(CC(=O)O)C(=O)O. The first-order chi connectivity index (χ1) is 16.0. The number of carboxylic acid groups (broad SMARTS) is 2. The summed E-state index contributed by atoms with van der Waals surface area (Å²) >= 11 is 4.03. The minimum absolute atomic E-state index is 0.189. The van der Waals surface area contributed by atoms with E-state index in [1.807, 2.05) is 37.3 Å². The monoisotopic (exact) mass is 496 g/mol. The number of carbonyl (C=O) groups is 5. The molecule has 0 bridgehead atoms. The molecule has 0 heterocycles. The summed E-state index contributed by atoms with van der Waals surface area (Å²) < 4.78 is 0. The van der Waals surface area contributed by atoms with Crippen LogP contribution < -0.4 is 21.7 Å². The number of hydrogen-bond donors (Lipinski definition) is 7. The van der Waals surface area contributed by atoms with Crippen molar-refractivity contribution in [2.45, 2.75) is 57.3 Å². The lowest BCUT2D eigenvalue weighted by Crippen LogP contribution is -2.59. The van der Waals surface area contributed by atoms with E-state index in [1.54, 1.807) is 6.92 Å². The molecule has 0 aromatic heterocycles. The maximum absolute atomic E-state index is 12.9. The van der Waals surface area contributed by atoms with Gasteiger partial charge in [-0.15, -0.1) is 0 Å². The molecule has 0 saturated heterocycles. The Morgan fingerprint density at radius 3 is 2.03 bits per heavy atom. The molecule has 7 N–H and O–H groups in total. The van der Waals surface area contributed by atoms with E-state index >= 15 is 0 Å². The number of aliphatic carboxylic acids is 2. The second-order valence-electron chi connectivity index (χ2n) is 7.91. The third kappa shape index (κ3) is 9.40. The highest BCUT2D eigenvalue weighted by Gasteiger charge is 2.32. The van der Waals surface area contributed by atoms with Crippen LogP contribution in [0.3, 0.4) is 0 Å². The quantitative estimate of drug-likeness (QED) is 0.169. The normalized spacial score (nSPS) is 15.2. The van der Waals surface area contributed by atoms with Gasteiger partial charge in [-0.25, -0.2) is 4.79 Å². The summed E-state index contributed by atoms with van der Waals surface area (Å²) in [6.45, 7) is 3.57. The molecule has 1 aromatic carbocycles. The van der Waals surface area contributed by atoms with Crippen LogP contribution in [0.25, 0.3) is 0 Å². The van der Waals surface area contributed by atoms with Crippen molar-refractivity contribution in [2.24, 2.45) is 11.7 Å². The number of benzene rings is 1. The number of carboxylic acids is 2. The Balaban J connectivity index is 2.87. The predicted molar refractivity (Wildman–Crippen MR) is 127 cm³/mol. The van der Waals surface area contributed by atoms with Crippen LogP contribution in [0.4, 0.5) is 0 Å². The van der Waals surface area contributed by atoms with Crippen LogP contribution in [0, 0.1) is 5.92 Å². The molecule has 0 saturated carbocycles. The molecule has 1 aromatic rings. The van der Waals surface area contributed by atoms with Crippen molar-refractivity contribution in [2.75, 3.05) is 5.75 Å². The maximum Gasteiger partial charge on any atom is 0.326 e. The third-order valence-electron chi connectivity index (χ3n) is 5.24. The number of hydrogen-bond acceptors (Lipinski definition) is 7. The van der Waals surface area contributed by atoms with Crippen LogP contribution in [0.1, 0.15) is 32.3 Å². The molecule has 0 aliphatic rings. The minimum atomic E-state index is -1.68. The third-order valence-corrected chi connectivity index (χ3v) is 5.60. The fraction of sp³-hybridized carbons (Fsp3) is 0.500. The number of amides is 3. The lowest BCUT2D eigenvalue weighted by atomic mass is 9.97. The average Bonchev–Trinajstić information content (AvgIpc) is 2.79. The molecule has 0 aliphatic carbocycles. The zero-order valence-corrected chi connectivity index (χ0v) is 20.0. The lowest BCUT2D eigenvalue weighted by molar-refractivity contribution is -0.147. The van der Waals surface area contributed by atoms with E-state index in [4.69, 9.17) is 15.9 Å². The van der Waals surface area contributed by atoms with E-state index in [0.29, 0.717) is 6.42 Å². The fourth-order valence-corrected chi connectivity index (χ4v) is 3.28. The largest absolute Gasteiger partial charge is 0.481 e. The van der Waals surface area contributed by atoms with Gasteiger partial charge in [0.15, 0.2) is 0 Å². The first-order valence-corrected chi connectivity index (χ1v) is 11.4. The molecule has 0 radical (unpaired) electrons. The average molecular weight is 497 g/mol. The highest BCUT2D eigenvalue weighted by atomic mass is 32.1. The van der Waals surface area contributed by atoms with E-state index < -0.39 is 60.2 Å². The standard InChI is InChI=1S/C22H32N4O7S/c1-3-12(2)18(26-19(29)14(23)9-13-7-5-4-6-8-13)21(31)25-16(11-34)20(30)24-15(22(32)33)10-17(27)28/h4-8,12,14-16,18,34H,3,9-11,23H2,1-2H3,(H,24,30)(H,25,31)(H,26,29)(H,27,28)(H,32,33). The van der Waals surface area contributed by atoms with Crippen LogP contribution >= 0.6 is 12.6 Å². The van der Waals surface area contributed by atoms with Crippen LogP contribution in [-0.2, 0) is 30.4 Å². The van der Waals surface area contributed by atoms with Gasteiger partial charge in [0.25, 0.3) is 0 Å². The van der Waals surface area contributed by atoms with Gasteiger partial charge in [-0.3, -0.25) is 19.2 Å². The molecule has 0 fully saturated rings. The molecule has 0 aliphatic heterocycles. The van der Waals surface area contributed by atoms with Gasteiger partial charge >= 0.3 is 11.9 Å². The Bertz CT molecular complexity index is 868. The summed E-state index contributed by atoms with van der Waals surface area (Å²) in [4.78, 5) is 60.1. The highest BCUT2D eigenvalue weighted by Crippen LogP contribution is 2.10. The number of thiol groups is 1. The summed E-state index contributed by atoms with van der Waals surface area (Å²) in [6, 6.07) is 4.30. The summed E-state index contributed by atoms with van der Waals surface area (Å²) in [6.07, 6.45) is -0.0355. The first-order valence-electron chi connectivity index (χ1n) is 10.8. The highest BCUT2D eigenvalue weighted by molar-refractivity contribution is 7.80. The van der Waals surface area contributed by atoms with Crippen LogP contribution in [0.15, 0.2) is 30.3 Å². The van der Waals surface area contributed by atoms with Gasteiger partial charge < -0.3 is 31.9 Å². The van der Waals surface area contributed by atoms with Crippen molar-refractivity contribution >= 4 is 42.3 Å². The van der Waals surface area contributed by atoms with Gasteiger partial charge in [0.1, 0.15) is 18.1 Å². The number of rotatable bonds is 14. The van der Waals surface area contributed by atoms with Crippen molar-refractivity contribution in [1.82, 2.24) is 16.0 Å². The Labute approximate surface area is 203 Å². The van der Waals surface area contributed by atoms with E-state index in [0.717, 1.165) is 5.56 Å². The van der Waals surface area contributed by atoms with Crippen LogP contribution in [0.2, 0.25) is 0 Å². The smallest absolute Gasteiger partial charge is 0.326 e. The predicted octanol–water partition coefficient (Wildman–Crippen LogP) is -0.454. The van der Waals surface area contributed by atoms with Gasteiger partial charge in [0.05, 0.1) is 12.5 Å². The number of carbonyl (C=O) groups excluding carboxylic acids is 3. The first kappa shape index (κ1) is 28.9. The number of nitrogens with two attached hydrogens (primary N) is 1. The summed E-state index contributed by atoms with van der Waals surface area (Å²) in [5, 5.41) is 25.1. The van der Waals surface area contributed by atoms with Crippen molar-refractivity contribution in [3.63, 3.8) is 0 Å². The molecule has 5 atom stereocenters. The molecule has 1 rings (SSSR count). The molecule has 0 spiro atoms. The van der Waals surface area contributed by atoms with Gasteiger partial charge in [-0.1, -0.05) is 50.6 Å². The Morgan fingerprint density at radius 1 is 0.941 bits per heavy atom. The second kappa shape index (κ2) is 14.2. The van der Waals surface area contributed by atoms with E-state index in [9.17, 15) is 24.0 Å². The van der Waals surface area contributed by atoms with Crippen molar-refractivity contribution in [1.29, 1.82) is 0 Å². The van der Waals surface area contributed by atoms with E-state index in [2.05, 4.69) is 28.6 Å². The summed E-state index contributed by atoms with van der Waals surface area (Å²) in [7, 11) is 0. The maximum atomic E-state index is 12.9. The van der Waals surface area contributed by atoms with Gasteiger partial charge in [-0.05, 0) is 17.9 Å².